The standard InChI is InChI=1S/C21H24N6O2/c1-14-12-18(29-25-14)16-13-23-21(26(2)3)24-19(16)17-6-4-5-11-27(17)20(28)15-7-9-22-10-8-15/h7-10,12-13,17H,4-6,11H2,1-3H3/t17-/m1/s1. The molecule has 0 bridgehead atoms. The predicted molar refractivity (Wildman–Crippen MR) is 108 cm³/mol. The van der Waals surface area contributed by atoms with Crippen LogP contribution in [0, 0.1) is 6.92 Å². The molecule has 8 heteroatoms. The summed E-state index contributed by atoms with van der Waals surface area (Å²) < 4.78 is 5.51. The maximum absolute atomic E-state index is 13.3. The van der Waals surface area contributed by atoms with Gasteiger partial charge in [-0.25, -0.2) is 9.97 Å². The molecule has 0 spiro atoms. The van der Waals surface area contributed by atoms with Crippen LogP contribution >= 0.6 is 0 Å². The third-order valence-electron chi connectivity index (χ3n) is 5.11. The van der Waals surface area contributed by atoms with Gasteiger partial charge in [-0.15, -0.1) is 0 Å². The van der Waals surface area contributed by atoms with Gasteiger partial charge in [0.05, 0.1) is 23.0 Å². The molecule has 0 unspecified atom stereocenters. The van der Waals surface area contributed by atoms with E-state index in [1.807, 2.05) is 36.9 Å². The molecule has 1 aliphatic rings. The Kier molecular flexibility index (Phi) is 5.24. The quantitative estimate of drug-likeness (QED) is 0.673. The third-order valence-corrected chi connectivity index (χ3v) is 5.11. The number of likely N-dealkylation sites (tertiary alicyclic amines) is 1. The van der Waals surface area contributed by atoms with Gasteiger partial charge < -0.3 is 14.3 Å². The zero-order chi connectivity index (χ0) is 20.4. The van der Waals surface area contributed by atoms with E-state index in [0.29, 0.717) is 23.8 Å². The van der Waals surface area contributed by atoms with Crippen LogP contribution in [0.3, 0.4) is 0 Å². The highest BCUT2D eigenvalue weighted by molar-refractivity contribution is 5.94. The van der Waals surface area contributed by atoms with Crippen molar-refractivity contribution in [1.29, 1.82) is 0 Å². The maximum Gasteiger partial charge on any atom is 0.254 e. The smallest absolute Gasteiger partial charge is 0.254 e. The highest BCUT2D eigenvalue weighted by atomic mass is 16.5. The molecule has 0 N–H and O–H groups in total. The fourth-order valence-electron chi connectivity index (χ4n) is 3.65. The van der Waals surface area contributed by atoms with E-state index >= 15 is 0 Å². The molecule has 0 aromatic carbocycles. The van der Waals surface area contributed by atoms with Crippen molar-refractivity contribution in [1.82, 2.24) is 25.0 Å². The van der Waals surface area contributed by atoms with Gasteiger partial charge in [-0.1, -0.05) is 5.16 Å². The molecule has 3 aromatic rings. The summed E-state index contributed by atoms with van der Waals surface area (Å²) in [6.07, 6.45) is 7.88. The summed E-state index contributed by atoms with van der Waals surface area (Å²) in [6, 6.07) is 5.21. The van der Waals surface area contributed by atoms with Gasteiger partial charge in [-0.05, 0) is 38.3 Å². The highest BCUT2D eigenvalue weighted by Crippen LogP contribution is 2.37. The number of amides is 1. The molecule has 4 heterocycles. The Balaban J connectivity index is 1.79. The van der Waals surface area contributed by atoms with Crippen molar-refractivity contribution >= 4 is 11.9 Å². The van der Waals surface area contributed by atoms with E-state index in [9.17, 15) is 4.79 Å². The number of piperidine rings is 1. The molecule has 8 nitrogen and oxygen atoms in total. The number of rotatable bonds is 4. The first-order chi connectivity index (χ1) is 14.0. The number of carbonyl (C=O) groups is 1. The topological polar surface area (TPSA) is 88.3 Å². The highest BCUT2D eigenvalue weighted by Gasteiger charge is 2.32. The summed E-state index contributed by atoms with van der Waals surface area (Å²) in [4.78, 5) is 30.3. The summed E-state index contributed by atoms with van der Waals surface area (Å²) >= 11 is 0. The predicted octanol–water partition coefficient (Wildman–Crippen LogP) is 3.27. The monoisotopic (exact) mass is 392 g/mol. The lowest BCUT2D eigenvalue weighted by molar-refractivity contribution is 0.0606. The van der Waals surface area contributed by atoms with Crippen LogP contribution in [0.1, 0.15) is 47.1 Å². The molecule has 1 saturated heterocycles. The second kappa shape index (κ2) is 7.98. The van der Waals surface area contributed by atoms with Crippen molar-refractivity contribution in [2.24, 2.45) is 0 Å². The molecular formula is C21H24N6O2. The van der Waals surface area contributed by atoms with Crippen LogP contribution in [0.4, 0.5) is 5.95 Å². The molecule has 3 aromatic heterocycles. The lowest BCUT2D eigenvalue weighted by Gasteiger charge is -2.36. The first-order valence-corrected chi connectivity index (χ1v) is 9.73. The number of hydrogen-bond donors (Lipinski definition) is 0. The normalized spacial score (nSPS) is 16.7. The molecule has 150 valence electrons. The fourth-order valence-corrected chi connectivity index (χ4v) is 3.65. The Morgan fingerprint density at radius 3 is 2.72 bits per heavy atom. The van der Waals surface area contributed by atoms with Gasteiger partial charge in [0.1, 0.15) is 0 Å². The van der Waals surface area contributed by atoms with Gasteiger partial charge in [0.25, 0.3) is 5.91 Å². The average molecular weight is 392 g/mol. The van der Waals surface area contributed by atoms with E-state index in [4.69, 9.17) is 9.51 Å². The Morgan fingerprint density at radius 2 is 2.03 bits per heavy atom. The molecule has 1 amide bonds. The molecule has 0 radical (unpaired) electrons. The fraction of sp³-hybridized carbons (Fsp3) is 0.381. The molecule has 0 saturated carbocycles. The number of pyridine rings is 1. The molecule has 4 rings (SSSR count). The van der Waals surface area contributed by atoms with E-state index in [1.54, 1.807) is 30.7 Å². The van der Waals surface area contributed by atoms with Crippen molar-refractivity contribution in [3.05, 3.63) is 53.7 Å². The Morgan fingerprint density at radius 1 is 1.24 bits per heavy atom. The van der Waals surface area contributed by atoms with Gasteiger partial charge in [-0.2, -0.15) is 0 Å². The Hall–Kier alpha value is -3.29. The van der Waals surface area contributed by atoms with Crippen LogP contribution in [-0.2, 0) is 0 Å². The second-order valence-electron chi connectivity index (χ2n) is 7.44. The van der Waals surface area contributed by atoms with E-state index in [-0.39, 0.29) is 11.9 Å². The average Bonchev–Trinajstić information content (AvgIpc) is 3.19. The number of hydrogen-bond acceptors (Lipinski definition) is 7. The van der Waals surface area contributed by atoms with E-state index in [0.717, 1.165) is 36.2 Å². The van der Waals surface area contributed by atoms with Crippen molar-refractivity contribution in [3.63, 3.8) is 0 Å². The van der Waals surface area contributed by atoms with Crippen LogP contribution in [0.5, 0.6) is 0 Å². The summed E-state index contributed by atoms with van der Waals surface area (Å²) in [7, 11) is 3.80. The summed E-state index contributed by atoms with van der Waals surface area (Å²) in [6.45, 7) is 2.56. The number of carbonyl (C=O) groups excluding carboxylic acids is 1. The largest absolute Gasteiger partial charge is 0.356 e. The van der Waals surface area contributed by atoms with Crippen LogP contribution in [-0.4, -0.2) is 51.6 Å². The van der Waals surface area contributed by atoms with Crippen LogP contribution in [0.25, 0.3) is 11.3 Å². The van der Waals surface area contributed by atoms with Crippen molar-refractivity contribution in [3.8, 4) is 11.3 Å². The van der Waals surface area contributed by atoms with E-state index in [2.05, 4.69) is 15.1 Å². The van der Waals surface area contributed by atoms with Crippen molar-refractivity contribution in [2.45, 2.75) is 32.2 Å². The first-order valence-electron chi connectivity index (χ1n) is 9.73. The lowest BCUT2D eigenvalue weighted by atomic mass is 9.95. The second-order valence-corrected chi connectivity index (χ2v) is 7.44. The van der Waals surface area contributed by atoms with E-state index in [1.165, 1.54) is 0 Å². The summed E-state index contributed by atoms with van der Waals surface area (Å²) in [5.74, 6) is 1.20. The van der Waals surface area contributed by atoms with Gasteiger partial charge in [0.2, 0.25) is 5.95 Å². The van der Waals surface area contributed by atoms with Gasteiger partial charge in [-0.3, -0.25) is 9.78 Å². The molecule has 29 heavy (non-hydrogen) atoms. The van der Waals surface area contributed by atoms with Crippen molar-refractivity contribution in [2.75, 3.05) is 25.5 Å². The molecular weight excluding hydrogens is 368 g/mol. The Bertz CT molecular complexity index is 1000. The molecule has 0 aliphatic carbocycles. The van der Waals surface area contributed by atoms with Gasteiger partial charge in [0, 0.05) is 50.9 Å². The number of aromatic nitrogens is 4. The van der Waals surface area contributed by atoms with Crippen LogP contribution in [0.2, 0.25) is 0 Å². The zero-order valence-electron chi connectivity index (χ0n) is 16.9. The molecule has 1 aliphatic heterocycles. The summed E-state index contributed by atoms with van der Waals surface area (Å²) in [5.41, 5.74) is 2.99. The lowest BCUT2D eigenvalue weighted by Crippen LogP contribution is -2.39. The minimum Gasteiger partial charge on any atom is -0.356 e. The minimum absolute atomic E-state index is 0.0122. The number of nitrogens with zero attached hydrogens (tertiary/aromatic N) is 6. The van der Waals surface area contributed by atoms with Crippen molar-refractivity contribution < 1.29 is 9.32 Å². The zero-order valence-corrected chi connectivity index (χ0v) is 16.9. The maximum atomic E-state index is 13.3. The molecule has 1 fully saturated rings. The summed E-state index contributed by atoms with van der Waals surface area (Å²) in [5, 5.41) is 4.01. The van der Waals surface area contributed by atoms with Crippen LogP contribution < -0.4 is 4.90 Å². The van der Waals surface area contributed by atoms with E-state index < -0.39 is 0 Å². The number of anilines is 1. The number of aryl methyl sites for hydroxylation is 1. The SMILES string of the molecule is Cc1cc(-c2cnc(N(C)C)nc2[C@H]2CCCCN2C(=O)c2ccncc2)on1. The van der Waals surface area contributed by atoms with Gasteiger partial charge >= 0.3 is 0 Å². The van der Waals surface area contributed by atoms with Gasteiger partial charge in [0.15, 0.2) is 5.76 Å². The van der Waals surface area contributed by atoms with Crippen LogP contribution in [0.15, 0.2) is 41.3 Å². The first kappa shape index (κ1) is 19.0. The third kappa shape index (κ3) is 3.83. The molecule has 1 atom stereocenters. The Labute approximate surface area is 169 Å². The minimum atomic E-state index is -0.161.